The van der Waals surface area contributed by atoms with E-state index in [2.05, 4.69) is 36.6 Å². The normalized spacial score (nSPS) is 18.5. The molecule has 2 heterocycles. The summed E-state index contributed by atoms with van der Waals surface area (Å²) in [5.74, 6) is 1.15. The van der Waals surface area contributed by atoms with Crippen LogP contribution in [0.2, 0.25) is 0 Å². The van der Waals surface area contributed by atoms with Crippen molar-refractivity contribution in [1.29, 1.82) is 0 Å². The number of rotatable bonds is 0. The van der Waals surface area contributed by atoms with Crippen LogP contribution in [-0.4, -0.2) is 9.55 Å². The molecule has 3 heteroatoms. The first kappa shape index (κ1) is 14.0. The minimum Gasteiger partial charge on any atom is -0.363 e. The maximum absolute atomic E-state index is 4.84. The SMILES string of the molecule is Cc1nc2n(c1C)C1(CCCC1)Cc1ccc[c-]c1-2.[Ir]. The van der Waals surface area contributed by atoms with E-state index >= 15 is 0 Å². The standard InChI is InChI=1S/C17H19N2.Ir/c1-12-13(2)19-16(18-12)15-8-4-3-7-14(15)11-17(19)9-5-6-10-17;/h3-4,7H,5-6,9-11H2,1-2H3;/q-1;. The van der Waals surface area contributed by atoms with Gasteiger partial charge in [-0.15, -0.1) is 35.4 Å². The zero-order valence-electron chi connectivity index (χ0n) is 12.0. The molecular formula is C17H19IrN2-. The van der Waals surface area contributed by atoms with Crippen LogP contribution in [0.15, 0.2) is 18.2 Å². The van der Waals surface area contributed by atoms with E-state index in [4.69, 9.17) is 4.98 Å². The Hall–Kier alpha value is -0.921. The van der Waals surface area contributed by atoms with E-state index < -0.39 is 0 Å². The summed E-state index contributed by atoms with van der Waals surface area (Å²) in [4.78, 5) is 4.84. The van der Waals surface area contributed by atoms with Crippen molar-refractivity contribution in [1.82, 2.24) is 9.55 Å². The van der Waals surface area contributed by atoms with Gasteiger partial charge in [0, 0.05) is 37.0 Å². The van der Waals surface area contributed by atoms with Gasteiger partial charge in [0.1, 0.15) is 0 Å². The van der Waals surface area contributed by atoms with E-state index in [1.54, 1.807) is 0 Å². The number of aromatic nitrogens is 2. The zero-order chi connectivity index (χ0) is 13.0. The molecule has 1 aromatic heterocycles. The Morgan fingerprint density at radius 1 is 1.25 bits per heavy atom. The first-order valence-electron chi connectivity index (χ1n) is 7.28. The van der Waals surface area contributed by atoms with Crippen molar-refractivity contribution < 1.29 is 20.1 Å². The molecule has 2 nitrogen and oxygen atoms in total. The third-order valence-corrected chi connectivity index (χ3v) is 5.04. The number of nitrogens with zero attached hydrogens (tertiary/aromatic N) is 2. The summed E-state index contributed by atoms with van der Waals surface area (Å²) in [7, 11) is 0. The van der Waals surface area contributed by atoms with Gasteiger partial charge in [-0.3, -0.25) is 4.98 Å². The van der Waals surface area contributed by atoms with Crippen LogP contribution in [0.4, 0.5) is 0 Å². The van der Waals surface area contributed by atoms with Gasteiger partial charge < -0.3 is 4.57 Å². The molecule has 0 atom stereocenters. The van der Waals surface area contributed by atoms with Gasteiger partial charge in [0.05, 0.1) is 5.82 Å². The minimum atomic E-state index is 0. The summed E-state index contributed by atoms with van der Waals surface area (Å²) in [6.07, 6.45) is 6.45. The molecule has 4 rings (SSSR count). The number of imidazole rings is 1. The van der Waals surface area contributed by atoms with Crippen LogP contribution in [0, 0.1) is 19.9 Å². The van der Waals surface area contributed by atoms with Crippen LogP contribution in [0.5, 0.6) is 0 Å². The van der Waals surface area contributed by atoms with E-state index in [1.807, 2.05) is 6.07 Å². The van der Waals surface area contributed by atoms with E-state index in [9.17, 15) is 0 Å². The van der Waals surface area contributed by atoms with Crippen LogP contribution in [0.1, 0.15) is 42.6 Å². The quantitative estimate of drug-likeness (QED) is 0.567. The summed E-state index contributed by atoms with van der Waals surface area (Å²) in [5, 5.41) is 0. The third-order valence-electron chi connectivity index (χ3n) is 5.04. The van der Waals surface area contributed by atoms with Gasteiger partial charge in [-0.25, -0.2) is 0 Å². The molecule has 2 aromatic rings. The van der Waals surface area contributed by atoms with Crippen molar-refractivity contribution in [2.24, 2.45) is 0 Å². The largest absolute Gasteiger partial charge is 0.363 e. The molecule has 1 fully saturated rings. The Morgan fingerprint density at radius 3 is 2.75 bits per heavy atom. The second kappa shape index (κ2) is 4.82. The van der Waals surface area contributed by atoms with Crippen LogP contribution in [-0.2, 0) is 32.1 Å². The van der Waals surface area contributed by atoms with Crippen LogP contribution < -0.4 is 0 Å². The summed E-state index contributed by atoms with van der Waals surface area (Å²) in [5.41, 5.74) is 5.47. The van der Waals surface area contributed by atoms with E-state index in [1.165, 1.54) is 48.2 Å². The van der Waals surface area contributed by atoms with Crippen molar-refractivity contribution in [3.8, 4) is 11.4 Å². The van der Waals surface area contributed by atoms with Gasteiger partial charge >= 0.3 is 0 Å². The number of hydrogen-bond donors (Lipinski definition) is 0. The molecule has 0 N–H and O–H groups in total. The van der Waals surface area contributed by atoms with E-state index in [0.29, 0.717) is 5.54 Å². The molecule has 0 bridgehead atoms. The average Bonchev–Trinajstić information content (AvgIpc) is 2.97. The van der Waals surface area contributed by atoms with Crippen LogP contribution >= 0.6 is 0 Å². The van der Waals surface area contributed by atoms with Gasteiger partial charge in [0.2, 0.25) is 0 Å². The van der Waals surface area contributed by atoms with Crippen molar-refractivity contribution in [2.45, 2.75) is 51.5 Å². The Labute approximate surface area is 134 Å². The summed E-state index contributed by atoms with van der Waals surface area (Å²) in [6.45, 7) is 4.35. The zero-order valence-corrected chi connectivity index (χ0v) is 14.4. The Bertz CT molecular complexity index is 651. The molecule has 0 saturated heterocycles. The first-order valence-corrected chi connectivity index (χ1v) is 7.28. The predicted octanol–water partition coefficient (Wildman–Crippen LogP) is 3.79. The molecular weight excluding hydrogens is 424 g/mol. The summed E-state index contributed by atoms with van der Waals surface area (Å²) in [6, 6.07) is 9.79. The molecule has 1 aliphatic heterocycles. The summed E-state index contributed by atoms with van der Waals surface area (Å²) >= 11 is 0. The topological polar surface area (TPSA) is 17.8 Å². The fourth-order valence-electron chi connectivity index (χ4n) is 4.05. The molecule has 0 amide bonds. The van der Waals surface area contributed by atoms with Crippen molar-refractivity contribution in [3.05, 3.63) is 41.2 Å². The molecule has 1 aliphatic carbocycles. The third kappa shape index (κ3) is 1.76. The molecule has 1 saturated carbocycles. The Kier molecular flexibility index (Phi) is 3.38. The van der Waals surface area contributed by atoms with E-state index in [0.717, 1.165) is 12.2 Å². The second-order valence-corrected chi connectivity index (χ2v) is 6.12. The molecule has 1 aromatic carbocycles. The number of fused-ring (bicyclic) bond motifs is 4. The maximum Gasteiger partial charge on any atom is 0.0570 e. The monoisotopic (exact) mass is 444 g/mol. The smallest absolute Gasteiger partial charge is 0.0570 e. The van der Waals surface area contributed by atoms with Gasteiger partial charge in [-0.2, -0.15) is 0 Å². The van der Waals surface area contributed by atoms with Gasteiger partial charge in [-0.05, 0) is 33.1 Å². The molecule has 0 unspecified atom stereocenters. The van der Waals surface area contributed by atoms with Crippen molar-refractivity contribution >= 4 is 0 Å². The number of benzene rings is 1. The van der Waals surface area contributed by atoms with Crippen molar-refractivity contribution in [2.75, 3.05) is 0 Å². The molecule has 20 heavy (non-hydrogen) atoms. The van der Waals surface area contributed by atoms with Gasteiger partial charge in [-0.1, -0.05) is 12.8 Å². The first-order chi connectivity index (χ1) is 9.21. The van der Waals surface area contributed by atoms with E-state index in [-0.39, 0.29) is 20.1 Å². The molecule has 2 aliphatic rings. The van der Waals surface area contributed by atoms with Crippen molar-refractivity contribution in [3.63, 3.8) is 0 Å². The molecule has 1 radical (unpaired) electrons. The average molecular weight is 444 g/mol. The minimum absolute atomic E-state index is 0. The van der Waals surface area contributed by atoms with Gasteiger partial charge in [0.15, 0.2) is 0 Å². The summed E-state index contributed by atoms with van der Waals surface area (Å²) < 4.78 is 2.54. The molecule has 107 valence electrons. The Morgan fingerprint density at radius 2 is 2.00 bits per heavy atom. The van der Waals surface area contributed by atoms with Crippen LogP contribution in [0.3, 0.4) is 0 Å². The number of hydrogen-bond acceptors (Lipinski definition) is 1. The second-order valence-electron chi connectivity index (χ2n) is 6.12. The maximum atomic E-state index is 4.84. The Balaban J connectivity index is 0.00000121. The fourth-order valence-corrected chi connectivity index (χ4v) is 4.05. The van der Waals surface area contributed by atoms with Crippen LogP contribution in [0.25, 0.3) is 11.4 Å². The fraction of sp³-hybridized carbons (Fsp3) is 0.471. The van der Waals surface area contributed by atoms with Gasteiger partial charge in [0.25, 0.3) is 0 Å². The predicted molar refractivity (Wildman–Crippen MR) is 76.1 cm³/mol. The number of aryl methyl sites for hydroxylation is 1. The molecule has 1 spiro atoms.